The van der Waals surface area contributed by atoms with Gasteiger partial charge in [-0.3, -0.25) is 15.1 Å². The fourth-order valence-corrected chi connectivity index (χ4v) is 3.44. The molecule has 29 heavy (non-hydrogen) atoms. The second-order valence-corrected chi connectivity index (χ2v) is 7.20. The number of anilines is 1. The van der Waals surface area contributed by atoms with Crippen molar-refractivity contribution in [2.75, 3.05) is 5.32 Å². The summed E-state index contributed by atoms with van der Waals surface area (Å²) in [5.74, 6) is 1.18. The van der Waals surface area contributed by atoms with E-state index in [9.17, 15) is 4.79 Å². The van der Waals surface area contributed by atoms with Gasteiger partial charge in [0.2, 0.25) is 0 Å². The van der Waals surface area contributed by atoms with Crippen molar-refractivity contribution in [1.29, 1.82) is 0 Å². The maximum atomic E-state index is 12.5. The summed E-state index contributed by atoms with van der Waals surface area (Å²) in [6.45, 7) is 4.09. The highest BCUT2D eigenvalue weighted by atomic mass is 32.1. The first-order valence-electron chi connectivity index (χ1n) is 8.92. The van der Waals surface area contributed by atoms with Crippen LogP contribution in [0.5, 0.6) is 5.75 Å². The van der Waals surface area contributed by atoms with Crippen LogP contribution >= 0.6 is 11.3 Å². The molecule has 0 saturated heterocycles. The van der Waals surface area contributed by atoms with Gasteiger partial charge >= 0.3 is 0 Å². The zero-order valence-electron chi connectivity index (χ0n) is 15.9. The molecule has 146 valence electrons. The third kappa shape index (κ3) is 4.33. The molecule has 1 N–H and O–H groups in total. The Morgan fingerprint density at radius 2 is 1.90 bits per heavy atom. The van der Waals surface area contributed by atoms with E-state index in [1.54, 1.807) is 36.7 Å². The number of amides is 1. The predicted molar refractivity (Wildman–Crippen MR) is 110 cm³/mol. The van der Waals surface area contributed by atoms with E-state index in [1.807, 2.05) is 31.4 Å². The number of aromatic nitrogens is 3. The molecule has 0 bridgehead atoms. The summed E-state index contributed by atoms with van der Waals surface area (Å²) in [7, 11) is 0. The molecule has 8 heteroatoms. The van der Waals surface area contributed by atoms with Crippen LogP contribution in [0, 0.1) is 13.8 Å². The Hall–Kier alpha value is -3.52. The molecular formula is C21H18N4O3S. The maximum Gasteiger partial charge on any atom is 0.257 e. The van der Waals surface area contributed by atoms with Crippen LogP contribution in [0.1, 0.15) is 27.4 Å². The van der Waals surface area contributed by atoms with Crippen LogP contribution in [0.4, 0.5) is 5.13 Å². The SMILES string of the molecule is Cc1noc(C)c1COc1ccc(C(=O)Nc2nc(-c3ccncc3)cs2)cc1. The van der Waals surface area contributed by atoms with Crippen molar-refractivity contribution in [3.63, 3.8) is 0 Å². The highest BCUT2D eigenvalue weighted by Crippen LogP contribution is 2.25. The molecule has 0 aliphatic carbocycles. The van der Waals surface area contributed by atoms with Gasteiger partial charge in [-0.25, -0.2) is 4.98 Å². The van der Waals surface area contributed by atoms with Crippen LogP contribution in [0.25, 0.3) is 11.3 Å². The highest BCUT2D eigenvalue weighted by Gasteiger charge is 2.12. The number of hydrogen-bond acceptors (Lipinski definition) is 7. The first kappa shape index (κ1) is 18.8. The van der Waals surface area contributed by atoms with Crippen molar-refractivity contribution in [2.24, 2.45) is 0 Å². The summed E-state index contributed by atoms with van der Waals surface area (Å²) in [6.07, 6.45) is 3.42. The Morgan fingerprint density at radius 1 is 1.14 bits per heavy atom. The fourth-order valence-electron chi connectivity index (χ4n) is 2.72. The third-order valence-electron chi connectivity index (χ3n) is 4.38. The van der Waals surface area contributed by atoms with Crippen molar-refractivity contribution in [3.8, 4) is 17.0 Å². The van der Waals surface area contributed by atoms with E-state index in [2.05, 4.69) is 20.4 Å². The number of carbonyl (C=O) groups is 1. The normalized spacial score (nSPS) is 10.7. The number of pyridine rings is 1. The van der Waals surface area contributed by atoms with E-state index in [-0.39, 0.29) is 5.91 Å². The largest absolute Gasteiger partial charge is 0.489 e. The minimum Gasteiger partial charge on any atom is -0.489 e. The Balaban J connectivity index is 1.38. The number of thiazole rings is 1. The van der Waals surface area contributed by atoms with Gasteiger partial charge in [-0.2, -0.15) is 0 Å². The van der Waals surface area contributed by atoms with Gasteiger partial charge in [-0.05, 0) is 50.2 Å². The number of aryl methyl sites for hydroxylation is 2. The lowest BCUT2D eigenvalue weighted by Gasteiger charge is -2.07. The molecule has 0 saturated carbocycles. The number of carbonyl (C=O) groups excluding carboxylic acids is 1. The molecule has 0 fully saturated rings. The molecule has 4 rings (SSSR count). The second kappa shape index (κ2) is 8.24. The summed E-state index contributed by atoms with van der Waals surface area (Å²) in [6, 6.07) is 10.7. The average molecular weight is 406 g/mol. The molecule has 3 heterocycles. The number of nitrogens with one attached hydrogen (secondary N) is 1. The maximum absolute atomic E-state index is 12.5. The van der Waals surface area contributed by atoms with Gasteiger partial charge in [0.15, 0.2) is 5.13 Å². The van der Waals surface area contributed by atoms with Gasteiger partial charge < -0.3 is 9.26 Å². The van der Waals surface area contributed by atoms with Crippen LogP contribution in [-0.4, -0.2) is 21.0 Å². The molecule has 3 aromatic heterocycles. The lowest BCUT2D eigenvalue weighted by Crippen LogP contribution is -2.11. The van der Waals surface area contributed by atoms with Gasteiger partial charge in [0, 0.05) is 28.9 Å². The average Bonchev–Trinajstić information content (AvgIpc) is 3.34. The molecule has 7 nitrogen and oxygen atoms in total. The summed E-state index contributed by atoms with van der Waals surface area (Å²) in [5.41, 5.74) is 4.02. The van der Waals surface area contributed by atoms with Crippen LogP contribution in [0.2, 0.25) is 0 Å². The number of benzene rings is 1. The van der Waals surface area contributed by atoms with E-state index >= 15 is 0 Å². The van der Waals surface area contributed by atoms with E-state index in [4.69, 9.17) is 9.26 Å². The molecular weight excluding hydrogens is 388 g/mol. The van der Waals surface area contributed by atoms with Gasteiger partial charge in [0.05, 0.1) is 17.0 Å². The van der Waals surface area contributed by atoms with Crippen molar-refractivity contribution >= 4 is 22.4 Å². The van der Waals surface area contributed by atoms with Crippen LogP contribution in [0.15, 0.2) is 58.7 Å². The predicted octanol–water partition coefficient (Wildman–Crippen LogP) is 4.64. The highest BCUT2D eigenvalue weighted by molar-refractivity contribution is 7.14. The number of hydrogen-bond donors (Lipinski definition) is 1. The summed E-state index contributed by atoms with van der Waals surface area (Å²) in [4.78, 5) is 20.9. The number of rotatable bonds is 6. The Labute approximate surface area is 171 Å². The fraction of sp³-hybridized carbons (Fsp3) is 0.143. The van der Waals surface area contributed by atoms with Crippen LogP contribution < -0.4 is 10.1 Å². The Kier molecular flexibility index (Phi) is 5.35. The molecule has 0 unspecified atom stereocenters. The van der Waals surface area contributed by atoms with E-state index in [0.717, 1.165) is 28.3 Å². The Bertz CT molecular complexity index is 1100. The number of ether oxygens (including phenoxy) is 1. The molecule has 4 aromatic rings. The van der Waals surface area contributed by atoms with Crippen molar-refractivity contribution in [1.82, 2.24) is 15.1 Å². The van der Waals surface area contributed by atoms with Crippen molar-refractivity contribution < 1.29 is 14.1 Å². The topological polar surface area (TPSA) is 90.1 Å². The smallest absolute Gasteiger partial charge is 0.257 e. The molecule has 1 amide bonds. The zero-order valence-corrected chi connectivity index (χ0v) is 16.7. The summed E-state index contributed by atoms with van der Waals surface area (Å²) in [5, 5.41) is 9.18. The zero-order chi connectivity index (χ0) is 20.2. The lowest BCUT2D eigenvalue weighted by atomic mass is 10.2. The minimum atomic E-state index is -0.224. The quantitative estimate of drug-likeness (QED) is 0.502. The standard InChI is InChI=1S/C21H18N4O3S/c1-13-18(14(2)28-25-13)11-27-17-5-3-16(4-6-17)20(26)24-21-23-19(12-29-21)15-7-9-22-10-8-15/h3-10,12H,11H2,1-2H3,(H,23,24,26). The van der Waals surface area contributed by atoms with E-state index < -0.39 is 0 Å². The van der Waals surface area contributed by atoms with Gasteiger partial charge in [-0.1, -0.05) is 5.16 Å². The van der Waals surface area contributed by atoms with Crippen LogP contribution in [-0.2, 0) is 6.61 Å². The van der Waals surface area contributed by atoms with Crippen molar-refractivity contribution in [3.05, 3.63) is 76.8 Å². The monoisotopic (exact) mass is 406 g/mol. The first-order valence-corrected chi connectivity index (χ1v) is 9.80. The molecule has 0 atom stereocenters. The van der Waals surface area contributed by atoms with Gasteiger partial charge in [0.1, 0.15) is 18.1 Å². The molecule has 0 spiro atoms. The van der Waals surface area contributed by atoms with Gasteiger partial charge in [-0.15, -0.1) is 11.3 Å². The molecule has 1 aromatic carbocycles. The number of nitrogens with zero attached hydrogens (tertiary/aromatic N) is 3. The molecule has 0 aliphatic heterocycles. The van der Waals surface area contributed by atoms with Gasteiger partial charge in [0.25, 0.3) is 5.91 Å². The Morgan fingerprint density at radius 3 is 2.59 bits per heavy atom. The molecule has 0 radical (unpaired) electrons. The third-order valence-corrected chi connectivity index (χ3v) is 5.14. The first-order chi connectivity index (χ1) is 14.1. The van der Waals surface area contributed by atoms with Crippen molar-refractivity contribution in [2.45, 2.75) is 20.5 Å². The summed E-state index contributed by atoms with van der Waals surface area (Å²) >= 11 is 1.38. The van der Waals surface area contributed by atoms with E-state index in [0.29, 0.717) is 23.1 Å². The lowest BCUT2D eigenvalue weighted by molar-refractivity contribution is 0.102. The molecule has 0 aliphatic rings. The summed E-state index contributed by atoms with van der Waals surface area (Å²) < 4.78 is 10.9. The minimum absolute atomic E-state index is 0.224. The van der Waals surface area contributed by atoms with E-state index in [1.165, 1.54) is 11.3 Å². The second-order valence-electron chi connectivity index (χ2n) is 6.34. The van der Waals surface area contributed by atoms with Crippen LogP contribution in [0.3, 0.4) is 0 Å².